The lowest BCUT2D eigenvalue weighted by Gasteiger charge is -2.17. The Morgan fingerprint density at radius 3 is 2.52 bits per heavy atom. The largest absolute Gasteiger partial charge is 0.374 e. The summed E-state index contributed by atoms with van der Waals surface area (Å²) in [6, 6.07) is 12.0. The average Bonchev–Trinajstić information content (AvgIpc) is 3.09. The van der Waals surface area contributed by atoms with Crippen LogP contribution in [0.5, 0.6) is 0 Å². The molecule has 1 aliphatic carbocycles. The van der Waals surface area contributed by atoms with Gasteiger partial charge in [-0.1, -0.05) is 12.1 Å². The highest BCUT2D eigenvalue weighted by Crippen LogP contribution is 2.25. The molecule has 7 heteroatoms. The number of anilines is 2. The molecule has 0 radical (unpaired) electrons. The fourth-order valence-corrected chi connectivity index (χ4v) is 4.12. The summed E-state index contributed by atoms with van der Waals surface area (Å²) >= 11 is 0. The molecule has 0 bridgehead atoms. The second kappa shape index (κ2) is 7.70. The second-order valence-electron chi connectivity index (χ2n) is 7.01. The van der Waals surface area contributed by atoms with Crippen LogP contribution in [0.15, 0.2) is 47.4 Å². The summed E-state index contributed by atoms with van der Waals surface area (Å²) < 4.78 is 25.6. The summed E-state index contributed by atoms with van der Waals surface area (Å²) in [5.74, 6) is -0.227. The first-order valence-electron chi connectivity index (χ1n) is 8.99. The van der Waals surface area contributed by atoms with Gasteiger partial charge in [0.15, 0.2) is 0 Å². The van der Waals surface area contributed by atoms with Gasteiger partial charge in [0.25, 0.3) is 0 Å². The Hall–Kier alpha value is -2.38. The summed E-state index contributed by atoms with van der Waals surface area (Å²) in [5, 5.41) is 6.00. The minimum atomic E-state index is -3.54. The maximum absolute atomic E-state index is 12.5. The molecule has 0 aliphatic heterocycles. The molecule has 0 fully saturated rings. The van der Waals surface area contributed by atoms with Gasteiger partial charge >= 0.3 is 0 Å². The third-order valence-electron chi connectivity index (χ3n) is 4.76. The number of hydrogen-bond donors (Lipinski definition) is 2. The first-order valence-corrected chi connectivity index (χ1v) is 10.4. The van der Waals surface area contributed by atoms with Crippen LogP contribution in [-0.2, 0) is 27.7 Å². The molecule has 0 unspecified atom stereocenters. The molecule has 0 saturated heterocycles. The molecule has 1 atom stereocenters. The quantitative estimate of drug-likeness (QED) is 0.799. The van der Waals surface area contributed by atoms with Crippen LogP contribution in [0.4, 0.5) is 11.4 Å². The maximum atomic E-state index is 12.5. The van der Waals surface area contributed by atoms with Crippen molar-refractivity contribution in [3.8, 4) is 0 Å². The van der Waals surface area contributed by atoms with Gasteiger partial charge in [-0.15, -0.1) is 0 Å². The van der Waals surface area contributed by atoms with Gasteiger partial charge in [0.1, 0.15) is 6.04 Å². The van der Waals surface area contributed by atoms with Gasteiger partial charge in [0.2, 0.25) is 15.9 Å². The van der Waals surface area contributed by atoms with Crippen LogP contribution >= 0.6 is 0 Å². The van der Waals surface area contributed by atoms with E-state index in [0.29, 0.717) is 5.69 Å². The van der Waals surface area contributed by atoms with Crippen molar-refractivity contribution in [2.24, 2.45) is 0 Å². The molecule has 144 valence electrons. The third kappa shape index (κ3) is 4.31. The Morgan fingerprint density at radius 2 is 1.78 bits per heavy atom. The number of hydrogen-bond acceptors (Lipinski definition) is 4. The lowest BCUT2D eigenvalue weighted by molar-refractivity contribution is -0.116. The number of rotatable bonds is 6. The first kappa shape index (κ1) is 19.4. The molecule has 1 amide bonds. The highest BCUT2D eigenvalue weighted by Gasteiger charge is 2.19. The van der Waals surface area contributed by atoms with Crippen molar-refractivity contribution < 1.29 is 13.2 Å². The molecule has 0 aromatic heterocycles. The number of aryl methyl sites for hydroxylation is 2. The molecule has 2 N–H and O–H groups in total. The molecule has 2 aromatic carbocycles. The Morgan fingerprint density at radius 1 is 1.04 bits per heavy atom. The minimum absolute atomic E-state index is 0.143. The van der Waals surface area contributed by atoms with Gasteiger partial charge < -0.3 is 10.6 Å². The van der Waals surface area contributed by atoms with E-state index >= 15 is 0 Å². The van der Waals surface area contributed by atoms with Gasteiger partial charge in [-0.3, -0.25) is 4.79 Å². The van der Waals surface area contributed by atoms with Crippen molar-refractivity contribution in [3.05, 3.63) is 53.6 Å². The van der Waals surface area contributed by atoms with Gasteiger partial charge in [-0.2, -0.15) is 0 Å². The van der Waals surface area contributed by atoms with E-state index in [9.17, 15) is 13.2 Å². The molecule has 0 saturated carbocycles. The molecule has 0 spiro atoms. The van der Waals surface area contributed by atoms with E-state index in [1.165, 1.54) is 43.8 Å². The SMILES string of the molecule is C[C@@H](Nc1ccc2c(c1)CCC2)C(=O)Nc1cccc(S(=O)(=O)N(C)C)c1. The smallest absolute Gasteiger partial charge is 0.246 e. The molecule has 2 aromatic rings. The molecule has 6 nitrogen and oxygen atoms in total. The Labute approximate surface area is 160 Å². The zero-order valence-electron chi connectivity index (χ0n) is 15.8. The number of nitrogens with one attached hydrogen (secondary N) is 2. The summed E-state index contributed by atoms with van der Waals surface area (Å²) in [6.45, 7) is 1.78. The van der Waals surface area contributed by atoms with Gasteiger partial charge in [0.05, 0.1) is 4.90 Å². The normalized spacial score (nSPS) is 14.7. The predicted molar refractivity (Wildman–Crippen MR) is 107 cm³/mol. The zero-order valence-corrected chi connectivity index (χ0v) is 16.6. The number of sulfonamides is 1. The summed E-state index contributed by atoms with van der Waals surface area (Å²) in [4.78, 5) is 12.7. The zero-order chi connectivity index (χ0) is 19.6. The van der Waals surface area contributed by atoms with E-state index in [2.05, 4.69) is 22.8 Å². The number of benzene rings is 2. The van der Waals surface area contributed by atoms with E-state index in [1.807, 2.05) is 6.07 Å². The van der Waals surface area contributed by atoms with Gasteiger partial charge in [-0.05, 0) is 67.6 Å². The van der Waals surface area contributed by atoms with Crippen molar-refractivity contribution in [1.29, 1.82) is 0 Å². The Bertz CT molecular complexity index is 955. The fraction of sp³-hybridized carbons (Fsp3) is 0.350. The number of fused-ring (bicyclic) bond motifs is 1. The van der Waals surface area contributed by atoms with E-state index in [0.717, 1.165) is 22.8 Å². The predicted octanol–water partition coefficient (Wildman–Crippen LogP) is 2.86. The highest BCUT2D eigenvalue weighted by atomic mass is 32.2. The van der Waals surface area contributed by atoms with Crippen molar-refractivity contribution >= 4 is 27.3 Å². The van der Waals surface area contributed by atoms with Crippen molar-refractivity contribution in [2.45, 2.75) is 37.1 Å². The summed E-state index contributed by atoms with van der Waals surface area (Å²) in [7, 11) is -0.593. The van der Waals surface area contributed by atoms with Crippen molar-refractivity contribution in [1.82, 2.24) is 4.31 Å². The topological polar surface area (TPSA) is 78.5 Å². The highest BCUT2D eigenvalue weighted by molar-refractivity contribution is 7.89. The molecule has 0 heterocycles. The third-order valence-corrected chi connectivity index (χ3v) is 6.57. The van der Waals surface area contributed by atoms with E-state index in [-0.39, 0.29) is 10.8 Å². The lowest BCUT2D eigenvalue weighted by Crippen LogP contribution is -2.32. The molecule has 3 rings (SSSR count). The van der Waals surface area contributed by atoms with E-state index in [1.54, 1.807) is 19.1 Å². The van der Waals surface area contributed by atoms with Crippen LogP contribution < -0.4 is 10.6 Å². The van der Waals surface area contributed by atoms with Crippen LogP contribution in [0.2, 0.25) is 0 Å². The minimum Gasteiger partial charge on any atom is -0.374 e. The molecule has 1 aliphatic rings. The number of amides is 1. The first-order chi connectivity index (χ1) is 12.8. The van der Waals surface area contributed by atoms with Crippen molar-refractivity contribution in [3.63, 3.8) is 0 Å². The van der Waals surface area contributed by atoms with Crippen LogP contribution in [0.3, 0.4) is 0 Å². The monoisotopic (exact) mass is 387 g/mol. The standard InChI is InChI=1S/C20H25N3O3S/c1-14(21-18-11-10-15-6-4-7-16(15)12-18)20(24)22-17-8-5-9-19(13-17)27(25,26)23(2)3/h5,8-14,21H,4,6-7H2,1-3H3,(H,22,24)/t14-/m1/s1. The fourth-order valence-electron chi connectivity index (χ4n) is 3.17. The van der Waals surface area contributed by atoms with Crippen LogP contribution in [0.1, 0.15) is 24.5 Å². The Balaban J connectivity index is 1.68. The van der Waals surface area contributed by atoms with Crippen LogP contribution in [0.25, 0.3) is 0 Å². The Kier molecular flexibility index (Phi) is 5.53. The van der Waals surface area contributed by atoms with Crippen molar-refractivity contribution in [2.75, 3.05) is 24.7 Å². The number of nitrogens with zero attached hydrogens (tertiary/aromatic N) is 1. The maximum Gasteiger partial charge on any atom is 0.246 e. The summed E-state index contributed by atoms with van der Waals surface area (Å²) in [5.41, 5.74) is 4.10. The second-order valence-corrected chi connectivity index (χ2v) is 9.16. The van der Waals surface area contributed by atoms with Gasteiger partial charge in [-0.25, -0.2) is 12.7 Å². The number of carbonyl (C=O) groups is 1. The molecular weight excluding hydrogens is 362 g/mol. The van der Waals surface area contributed by atoms with E-state index in [4.69, 9.17) is 0 Å². The van der Waals surface area contributed by atoms with Crippen LogP contribution in [-0.4, -0.2) is 38.8 Å². The molecular formula is C20H25N3O3S. The molecule has 27 heavy (non-hydrogen) atoms. The van der Waals surface area contributed by atoms with Gasteiger partial charge in [0, 0.05) is 25.5 Å². The number of carbonyl (C=O) groups excluding carboxylic acids is 1. The van der Waals surface area contributed by atoms with Crippen LogP contribution in [0, 0.1) is 0 Å². The average molecular weight is 388 g/mol. The lowest BCUT2D eigenvalue weighted by atomic mass is 10.1. The summed E-state index contributed by atoms with van der Waals surface area (Å²) in [6.07, 6.45) is 3.39. The van der Waals surface area contributed by atoms with E-state index < -0.39 is 16.1 Å².